The molecule has 0 aromatic heterocycles. The fraction of sp³-hybridized carbons (Fsp3) is 0.857. The zero-order valence-electron chi connectivity index (χ0n) is 11.8. The Morgan fingerprint density at radius 1 is 1.32 bits per heavy atom. The Labute approximate surface area is 114 Å². The minimum absolute atomic E-state index is 0.0627. The summed E-state index contributed by atoms with van der Waals surface area (Å²) in [5.74, 6) is -1.63. The van der Waals surface area contributed by atoms with E-state index in [1.807, 2.05) is 0 Å². The molecule has 1 aliphatic rings. The number of unbranched alkanes of at least 4 members (excludes halogenated alkanes) is 2. The number of carbonyl (C=O) groups is 2. The Kier molecular flexibility index (Phi) is 6.28. The van der Waals surface area contributed by atoms with Crippen LogP contribution in [0.25, 0.3) is 0 Å². The van der Waals surface area contributed by atoms with Crippen LogP contribution >= 0.6 is 0 Å². The summed E-state index contributed by atoms with van der Waals surface area (Å²) >= 11 is 0. The fourth-order valence-corrected chi connectivity index (χ4v) is 3.11. The van der Waals surface area contributed by atoms with Gasteiger partial charge in [-0.2, -0.15) is 0 Å². The predicted molar refractivity (Wildman–Crippen MR) is 72.0 cm³/mol. The smallest absolute Gasteiger partial charge is 0.321 e. The van der Waals surface area contributed by atoms with Crippen LogP contribution in [0.1, 0.15) is 46.0 Å². The molecule has 0 aliphatic carbocycles. The molecule has 3 N–H and O–H groups in total. The lowest BCUT2D eigenvalue weighted by atomic mass is 9.78. The third-order valence-electron chi connectivity index (χ3n) is 4.22. The van der Waals surface area contributed by atoms with E-state index < -0.39 is 18.0 Å². The summed E-state index contributed by atoms with van der Waals surface area (Å²) in [7, 11) is 0. The van der Waals surface area contributed by atoms with Crippen LogP contribution in [0, 0.1) is 17.8 Å². The molecule has 1 rings (SSSR count). The van der Waals surface area contributed by atoms with Gasteiger partial charge in [0.25, 0.3) is 0 Å². The first-order chi connectivity index (χ1) is 8.97. The minimum Gasteiger partial charge on any atom is -0.481 e. The van der Waals surface area contributed by atoms with Crippen LogP contribution in [-0.2, 0) is 9.59 Å². The van der Waals surface area contributed by atoms with Crippen molar-refractivity contribution >= 4 is 11.9 Å². The van der Waals surface area contributed by atoms with E-state index in [4.69, 9.17) is 10.2 Å². The highest BCUT2D eigenvalue weighted by Crippen LogP contribution is 2.34. The summed E-state index contributed by atoms with van der Waals surface area (Å²) in [5.41, 5.74) is 0. The van der Waals surface area contributed by atoms with Crippen LogP contribution in [0.5, 0.6) is 0 Å². The lowest BCUT2D eigenvalue weighted by Crippen LogP contribution is -2.37. The molecule has 0 aromatic carbocycles. The third kappa shape index (κ3) is 4.49. The maximum atomic E-state index is 11.2. The Hall–Kier alpha value is -1.10. The van der Waals surface area contributed by atoms with Gasteiger partial charge in [0.15, 0.2) is 0 Å². The highest BCUT2D eigenvalue weighted by Gasteiger charge is 2.42. The van der Waals surface area contributed by atoms with Crippen LogP contribution in [0.4, 0.5) is 0 Å². The average molecular weight is 271 g/mol. The van der Waals surface area contributed by atoms with E-state index in [1.165, 1.54) is 6.42 Å². The molecule has 0 spiro atoms. The van der Waals surface area contributed by atoms with Crippen LogP contribution in [0.2, 0.25) is 0 Å². The molecule has 0 radical (unpaired) electrons. The van der Waals surface area contributed by atoms with Gasteiger partial charge in [0.2, 0.25) is 0 Å². The van der Waals surface area contributed by atoms with E-state index in [2.05, 4.69) is 19.2 Å². The maximum Gasteiger partial charge on any atom is 0.321 e. The second kappa shape index (κ2) is 7.48. The molecular weight excluding hydrogens is 246 g/mol. The molecule has 4 atom stereocenters. The molecule has 0 aromatic rings. The van der Waals surface area contributed by atoms with Gasteiger partial charge in [-0.3, -0.25) is 9.59 Å². The zero-order valence-corrected chi connectivity index (χ0v) is 11.8. The number of aliphatic carboxylic acids is 2. The van der Waals surface area contributed by atoms with Crippen molar-refractivity contribution < 1.29 is 19.8 Å². The fourth-order valence-electron chi connectivity index (χ4n) is 3.11. The second-order valence-electron chi connectivity index (χ2n) is 5.62. The van der Waals surface area contributed by atoms with Gasteiger partial charge >= 0.3 is 11.9 Å². The van der Waals surface area contributed by atoms with Crippen LogP contribution in [0.3, 0.4) is 0 Å². The Balaban J connectivity index is 2.64. The highest BCUT2D eigenvalue weighted by molar-refractivity contribution is 5.76. The number of nitrogens with one attached hydrogen (secondary N) is 1. The van der Waals surface area contributed by atoms with Crippen molar-refractivity contribution in [2.45, 2.75) is 52.0 Å². The van der Waals surface area contributed by atoms with E-state index in [1.54, 1.807) is 0 Å². The van der Waals surface area contributed by atoms with Crippen molar-refractivity contribution in [3.05, 3.63) is 0 Å². The van der Waals surface area contributed by atoms with Gasteiger partial charge < -0.3 is 15.5 Å². The van der Waals surface area contributed by atoms with Crippen molar-refractivity contribution in [1.29, 1.82) is 0 Å². The standard InChI is InChI=1S/C14H25NO4/c1-3-4-5-6-9(2)11-8-15-13(14(18)19)10(11)7-12(16)17/h9-11,13,15H,3-8H2,1-2H3,(H,16,17)(H,18,19). The van der Waals surface area contributed by atoms with E-state index in [9.17, 15) is 9.59 Å². The van der Waals surface area contributed by atoms with Crippen molar-refractivity contribution in [3.8, 4) is 0 Å². The monoisotopic (exact) mass is 271 g/mol. The molecule has 19 heavy (non-hydrogen) atoms. The van der Waals surface area contributed by atoms with Gasteiger partial charge in [0.1, 0.15) is 6.04 Å². The van der Waals surface area contributed by atoms with Crippen LogP contribution in [0.15, 0.2) is 0 Å². The highest BCUT2D eigenvalue weighted by atomic mass is 16.4. The molecule has 0 saturated carbocycles. The van der Waals surface area contributed by atoms with Gasteiger partial charge in [-0.1, -0.05) is 39.5 Å². The summed E-state index contributed by atoms with van der Waals surface area (Å²) in [6, 6.07) is -0.713. The Morgan fingerprint density at radius 2 is 2.00 bits per heavy atom. The summed E-state index contributed by atoms with van der Waals surface area (Å²) in [4.78, 5) is 22.1. The van der Waals surface area contributed by atoms with Crippen molar-refractivity contribution in [3.63, 3.8) is 0 Å². The summed E-state index contributed by atoms with van der Waals surface area (Å²) in [6.07, 6.45) is 4.45. The molecule has 4 unspecified atom stereocenters. The molecule has 110 valence electrons. The van der Waals surface area contributed by atoms with E-state index in [-0.39, 0.29) is 18.3 Å². The Morgan fingerprint density at radius 3 is 2.53 bits per heavy atom. The number of carboxylic acids is 2. The molecule has 1 saturated heterocycles. The summed E-state index contributed by atoms with van der Waals surface area (Å²) in [6.45, 7) is 4.87. The zero-order chi connectivity index (χ0) is 14.4. The predicted octanol–water partition coefficient (Wildman–Crippen LogP) is 1.97. The molecule has 5 heteroatoms. The lowest BCUT2D eigenvalue weighted by Gasteiger charge is -2.25. The quantitative estimate of drug-likeness (QED) is 0.587. The van der Waals surface area contributed by atoms with Crippen LogP contribution < -0.4 is 5.32 Å². The van der Waals surface area contributed by atoms with Crippen molar-refractivity contribution in [2.24, 2.45) is 17.8 Å². The molecule has 1 heterocycles. The molecule has 1 aliphatic heterocycles. The third-order valence-corrected chi connectivity index (χ3v) is 4.22. The first-order valence-corrected chi connectivity index (χ1v) is 7.15. The average Bonchev–Trinajstić information content (AvgIpc) is 2.72. The number of hydrogen-bond acceptors (Lipinski definition) is 3. The molecule has 5 nitrogen and oxygen atoms in total. The van der Waals surface area contributed by atoms with Gasteiger partial charge in [-0.05, 0) is 24.3 Å². The SMILES string of the molecule is CCCCCC(C)C1CNC(C(=O)O)C1CC(=O)O. The van der Waals surface area contributed by atoms with Crippen LogP contribution in [-0.4, -0.2) is 34.7 Å². The van der Waals surface area contributed by atoms with Gasteiger partial charge in [0.05, 0.1) is 6.42 Å². The molecule has 0 amide bonds. The topological polar surface area (TPSA) is 86.6 Å². The van der Waals surface area contributed by atoms with Gasteiger partial charge in [-0.15, -0.1) is 0 Å². The first kappa shape index (κ1) is 16.0. The van der Waals surface area contributed by atoms with E-state index >= 15 is 0 Å². The number of hydrogen-bond donors (Lipinski definition) is 3. The minimum atomic E-state index is -0.936. The number of carboxylic acid groups (broad SMARTS) is 2. The molecule has 0 bridgehead atoms. The molecule has 1 fully saturated rings. The first-order valence-electron chi connectivity index (χ1n) is 7.15. The van der Waals surface area contributed by atoms with Gasteiger partial charge in [-0.25, -0.2) is 0 Å². The van der Waals surface area contributed by atoms with E-state index in [0.29, 0.717) is 12.5 Å². The summed E-state index contributed by atoms with van der Waals surface area (Å²) in [5, 5.41) is 21.1. The maximum absolute atomic E-state index is 11.2. The van der Waals surface area contributed by atoms with E-state index in [0.717, 1.165) is 19.3 Å². The second-order valence-corrected chi connectivity index (χ2v) is 5.62. The lowest BCUT2D eigenvalue weighted by molar-refractivity contribution is -0.142. The normalized spacial score (nSPS) is 28.2. The van der Waals surface area contributed by atoms with Crippen molar-refractivity contribution in [2.75, 3.05) is 6.54 Å². The largest absolute Gasteiger partial charge is 0.481 e. The van der Waals surface area contributed by atoms with Crippen molar-refractivity contribution in [1.82, 2.24) is 5.32 Å². The number of rotatable bonds is 8. The van der Waals surface area contributed by atoms with Gasteiger partial charge in [0, 0.05) is 0 Å². The molecular formula is C14H25NO4. The Bertz CT molecular complexity index is 319. The summed E-state index contributed by atoms with van der Waals surface area (Å²) < 4.78 is 0.